The van der Waals surface area contributed by atoms with E-state index >= 15 is 0 Å². The molecule has 1 N–H and O–H groups in total. The Morgan fingerprint density at radius 2 is 1.69 bits per heavy atom. The highest BCUT2D eigenvalue weighted by atomic mass is 16.2. The summed E-state index contributed by atoms with van der Waals surface area (Å²) in [6.07, 6.45) is 4.70. The van der Waals surface area contributed by atoms with Crippen LogP contribution in [0.4, 0.5) is 0 Å². The summed E-state index contributed by atoms with van der Waals surface area (Å²) in [6.45, 7) is 11.8. The van der Waals surface area contributed by atoms with Crippen LogP contribution in [0, 0.1) is 11.8 Å². The summed E-state index contributed by atoms with van der Waals surface area (Å²) in [7, 11) is 0. The Hall–Kier alpha value is -2.89. The van der Waals surface area contributed by atoms with Gasteiger partial charge in [-0.15, -0.1) is 0 Å². The average molecular weight is 494 g/mol. The zero-order chi connectivity index (χ0) is 26.2. The fourth-order valence-electron chi connectivity index (χ4n) is 5.11. The van der Waals surface area contributed by atoms with Crippen LogP contribution < -0.4 is 5.32 Å². The largest absolute Gasteiger partial charge is 0.340 e. The number of unbranched alkanes of at least 4 members (excludes halogenated alkanes) is 1. The van der Waals surface area contributed by atoms with E-state index in [-0.39, 0.29) is 35.6 Å². The minimum absolute atomic E-state index is 0.00427. The molecule has 0 aliphatic carbocycles. The van der Waals surface area contributed by atoms with E-state index in [0.29, 0.717) is 25.2 Å². The molecular weight excluding hydrogens is 450 g/mol. The minimum atomic E-state index is -0.601. The van der Waals surface area contributed by atoms with E-state index in [1.54, 1.807) is 0 Å². The third kappa shape index (κ3) is 6.45. The second-order valence-corrected chi connectivity index (χ2v) is 10.3. The molecule has 0 aromatic heterocycles. The van der Waals surface area contributed by atoms with Crippen molar-refractivity contribution < 1.29 is 14.4 Å². The Morgan fingerprint density at radius 1 is 0.972 bits per heavy atom. The third-order valence-corrected chi connectivity index (χ3v) is 7.75. The number of hydrogen-bond donors (Lipinski definition) is 1. The Bertz CT molecular complexity index is 1050. The number of nitrogens with zero attached hydrogens (tertiary/aromatic N) is 2. The van der Waals surface area contributed by atoms with Crippen LogP contribution in [-0.4, -0.2) is 59.2 Å². The van der Waals surface area contributed by atoms with Crippen LogP contribution in [0.5, 0.6) is 0 Å². The standard InChI is InChI=1S/C30H43N3O3/c1-6-9-12-23(8-3)29(35)33-18-17-32(20-22(33)5)30(36)27(21(4)7-2)31-28(34)26-16-15-24-13-10-11-14-25(24)19-26/h10-11,13-16,19,21-23,27H,6-9,12,17-18,20H2,1-5H3,(H,31,34). The van der Waals surface area contributed by atoms with Crippen molar-refractivity contribution in [2.24, 2.45) is 11.8 Å². The molecule has 2 aromatic carbocycles. The number of hydrogen-bond acceptors (Lipinski definition) is 3. The van der Waals surface area contributed by atoms with Crippen LogP contribution in [0.1, 0.15) is 77.1 Å². The van der Waals surface area contributed by atoms with Crippen molar-refractivity contribution in [3.8, 4) is 0 Å². The third-order valence-electron chi connectivity index (χ3n) is 7.75. The first-order valence-corrected chi connectivity index (χ1v) is 13.7. The van der Waals surface area contributed by atoms with Gasteiger partial charge in [-0.05, 0) is 48.6 Å². The van der Waals surface area contributed by atoms with Crippen LogP contribution in [0.3, 0.4) is 0 Å². The topological polar surface area (TPSA) is 69.7 Å². The molecule has 1 aliphatic rings. The van der Waals surface area contributed by atoms with E-state index in [1.807, 2.05) is 73.0 Å². The lowest BCUT2D eigenvalue weighted by Crippen LogP contribution is -2.60. The summed E-state index contributed by atoms with van der Waals surface area (Å²) in [5, 5.41) is 5.10. The lowest BCUT2D eigenvalue weighted by Gasteiger charge is -2.42. The fraction of sp³-hybridized carbons (Fsp3) is 0.567. The second kappa shape index (κ2) is 12.9. The van der Waals surface area contributed by atoms with E-state index in [1.165, 1.54) is 0 Å². The van der Waals surface area contributed by atoms with Crippen molar-refractivity contribution >= 4 is 28.5 Å². The van der Waals surface area contributed by atoms with Crippen LogP contribution in [0.2, 0.25) is 0 Å². The lowest BCUT2D eigenvalue weighted by molar-refractivity contribution is -0.146. The van der Waals surface area contributed by atoms with Crippen LogP contribution in [-0.2, 0) is 9.59 Å². The number of rotatable bonds is 10. The molecule has 6 nitrogen and oxygen atoms in total. The van der Waals surface area contributed by atoms with Gasteiger partial charge in [-0.2, -0.15) is 0 Å². The van der Waals surface area contributed by atoms with Crippen molar-refractivity contribution in [2.45, 2.75) is 78.8 Å². The molecule has 0 bridgehead atoms. The van der Waals surface area contributed by atoms with Crippen molar-refractivity contribution in [1.29, 1.82) is 0 Å². The maximum Gasteiger partial charge on any atom is 0.251 e. The Labute approximate surface area is 216 Å². The van der Waals surface area contributed by atoms with Gasteiger partial charge in [0.1, 0.15) is 6.04 Å². The summed E-state index contributed by atoms with van der Waals surface area (Å²) < 4.78 is 0. The predicted octanol–water partition coefficient (Wildman–Crippen LogP) is 5.26. The number of carbonyl (C=O) groups excluding carboxylic acids is 3. The molecule has 2 aromatic rings. The number of piperazine rings is 1. The molecule has 4 unspecified atom stereocenters. The second-order valence-electron chi connectivity index (χ2n) is 10.3. The van der Waals surface area contributed by atoms with Crippen molar-refractivity contribution in [2.75, 3.05) is 19.6 Å². The number of nitrogens with one attached hydrogen (secondary N) is 1. The van der Waals surface area contributed by atoms with Crippen LogP contribution >= 0.6 is 0 Å². The quantitative estimate of drug-likeness (QED) is 0.491. The molecule has 196 valence electrons. The van der Waals surface area contributed by atoms with Gasteiger partial charge in [0.15, 0.2) is 0 Å². The molecule has 1 aliphatic heterocycles. The van der Waals surface area contributed by atoms with Crippen molar-refractivity contribution in [3.63, 3.8) is 0 Å². The zero-order valence-corrected chi connectivity index (χ0v) is 22.6. The molecule has 4 atom stereocenters. The number of fused-ring (bicyclic) bond motifs is 1. The van der Waals surface area contributed by atoms with E-state index in [9.17, 15) is 14.4 Å². The molecule has 3 amide bonds. The highest BCUT2D eigenvalue weighted by Gasteiger charge is 2.36. The van der Waals surface area contributed by atoms with E-state index in [4.69, 9.17) is 0 Å². The fourth-order valence-corrected chi connectivity index (χ4v) is 5.11. The SMILES string of the molecule is CCCCC(CC)C(=O)N1CCN(C(=O)C(NC(=O)c2ccc3ccccc3c2)C(C)CC)CC1C. The highest BCUT2D eigenvalue weighted by Crippen LogP contribution is 2.22. The lowest BCUT2D eigenvalue weighted by atomic mass is 9.95. The Balaban J connectivity index is 1.69. The van der Waals surface area contributed by atoms with Gasteiger partial charge in [-0.1, -0.05) is 77.3 Å². The van der Waals surface area contributed by atoms with Gasteiger partial charge in [0.25, 0.3) is 5.91 Å². The summed E-state index contributed by atoms with van der Waals surface area (Å²) in [5.41, 5.74) is 0.552. The molecule has 1 fully saturated rings. The van der Waals surface area contributed by atoms with Crippen LogP contribution in [0.15, 0.2) is 42.5 Å². The first kappa shape index (κ1) is 27.7. The minimum Gasteiger partial charge on any atom is -0.340 e. The van der Waals surface area contributed by atoms with E-state index in [0.717, 1.165) is 42.9 Å². The smallest absolute Gasteiger partial charge is 0.251 e. The monoisotopic (exact) mass is 493 g/mol. The number of carbonyl (C=O) groups is 3. The normalized spacial score (nSPS) is 18.5. The first-order chi connectivity index (χ1) is 17.3. The summed E-state index contributed by atoms with van der Waals surface area (Å²) in [6, 6.07) is 12.9. The van der Waals surface area contributed by atoms with Gasteiger partial charge < -0.3 is 15.1 Å². The molecule has 36 heavy (non-hydrogen) atoms. The summed E-state index contributed by atoms with van der Waals surface area (Å²) in [5.74, 6) is -0.0220. The maximum atomic E-state index is 13.6. The zero-order valence-electron chi connectivity index (χ0n) is 22.6. The number of benzene rings is 2. The summed E-state index contributed by atoms with van der Waals surface area (Å²) >= 11 is 0. The molecule has 0 saturated carbocycles. The average Bonchev–Trinajstić information content (AvgIpc) is 2.90. The molecule has 1 heterocycles. The Kier molecular flexibility index (Phi) is 9.91. The van der Waals surface area contributed by atoms with E-state index in [2.05, 4.69) is 19.2 Å². The Morgan fingerprint density at radius 3 is 2.33 bits per heavy atom. The van der Waals surface area contributed by atoms with Gasteiger partial charge in [-0.25, -0.2) is 0 Å². The van der Waals surface area contributed by atoms with Gasteiger partial charge in [0, 0.05) is 37.2 Å². The number of amides is 3. The summed E-state index contributed by atoms with van der Waals surface area (Å²) in [4.78, 5) is 43.8. The van der Waals surface area contributed by atoms with Gasteiger partial charge in [-0.3, -0.25) is 14.4 Å². The molecule has 1 saturated heterocycles. The van der Waals surface area contributed by atoms with Gasteiger partial charge in [0.2, 0.25) is 11.8 Å². The van der Waals surface area contributed by atoms with Crippen molar-refractivity contribution in [3.05, 3.63) is 48.0 Å². The molecular formula is C30H43N3O3. The maximum absolute atomic E-state index is 13.6. The molecule has 0 radical (unpaired) electrons. The molecule has 6 heteroatoms. The van der Waals surface area contributed by atoms with Crippen molar-refractivity contribution in [1.82, 2.24) is 15.1 Å². The van der Waals surface area contributed by atoms with Crippen LogP contribution in [0.25, 0.3) is 10.8 Å². The molecule has 3 rings (SSSR count). The van der Waals surface area contributed by atoms with E-state index < -0.39 is 6.04 Å². The van der Waals surface area contributed by atoms with Gasteiger partial charge in [0.05, 0.1) is 0 Å². The molecule has 0 spiro atoms. The highest BCUT2D eigenvalue weighted by molar-refractivity contribution is 6.00. The predicted molar refractivity (Wildman–Crippen MR) is 146 cm³/mol. The first-order valence-electron chi connectivity index (χ1n) is 13.7. The van der Waals surface area contributed by atoms with Gasteiger partial charge >= 0.3 is 0 Å².